The molecule has 284 valence electrons. The summed E-state index contributed by atoms with van der Waals surface area (Å²) in [7, 11) is -3.67. The summed E-state index contributed by atoms with van der Waals surface area (Å²) < 4.78 is 46.1. The van der Waals surface area contributed by atoms with E-state index in [0.717, 1.165) is 22.3 Å². The Kier molecular flexibility index (Phi) is 21.9. The summed E-state index contributed by atoms with van der Waals surface area (Å²) in [6.45, 7) is 15.1. The second-order valence-electron chi connectivity index (χ2n) is 12.1. The molecule has 2 aromatic rings. The Bertz CT molecular complexity index is 1350. The smallest absolute Gasteiger partial charge is 0.480 e. The molecular formula is C33H51ClN2O13S. The van der Waals surface area contributed by atoms with Gasteiger partial charge in [-0.05, 0) is 45.9 Å². The molecule has 0 unspecified atom stereocenters. The third kappa shape index (κ3) is 18.7. The SMILES string of the molecule is CC(C)c1cccc(C(C)C)c1OC(=O)OC[C@H](N)C(=O)O.CC(C)c1cccc(C(C)C)c1OC(=O)OC[C@H](N)C(=O)O.CS(=O)(=O)O.Cl. The number of carbonyl (C=O) groups excluding carboxylic acids is 2. The van der Waals surface area contributed by atoms with E-state index in [1.807, 2.05) is 91.8 Å². The van der Waals surface area contributed by atoms with Gasteiger partial charge in [-0.15, -0.1) is 12.4 Å². The summed E-state index contributed by atoms with van der Waals surface area (Å²) in [5.41, 5.74) is 14.1. The van der Waals surface area contributed by atoms with Crippen LogP contribution in [-0.4, -0.2) is 79.0 Å². The maximum absolute atomic E-state index is 11.8. The van der Waals surface area contributed by atoms with E-state index in [9.17, 15) is 27.6 Å². The number of carbonyl (C=O) groups is 4. The Hall–Kier alpha value is -3.96. The first kappa shape index (κ1) is 48.2. The predicted octanol–water partition coefficient (Wildman–Crippen LogP) is 5.65. The van der Waals surface area contributed by atoms with Gasteiger partial charge in [-0.1, -0.05) is 91.8 Å². The number of hydrogen-bond acceptors (Lipinski definition) is 12. The molecule has 50 heavy (non-hydrogen) atoms. The van der Waals surface area contributed by atoms with Crippen molar-refractivity contribution in [1.82, 2.24) is 0 Å². The number of hydrogen-bond donors (Lipinski definition) is 5. The highest BCUT2D eigenvalue weighted by Crippen LogP contribution is 2.35. The molecule has 0 aliphatic rings. The van der Waals surface area contributed by atoms with Crippen molar-refractivity contribution in [2.45, 2.75) is 91.1 Å². The van der Waals surface area contributed by atoms with Crippen LogP contribution in [-0.2, 0) is 29.2 Å². The Morgan fingerprint density at radius 1 is 0.620 bits per heavy atom. The number of carboxylic acid groups (broad SMARTS) is 2. The molecule has 2 atom stereocenters. The Morgan fingerprint density at radius 2 is 0.840 bits per heavy atom. The second-order valence-corrected chi connectivity index (χ2v) is 13.6. The van der Waals surface area contributed by atoms with Crippen LogP contribution in [0.25, 0.3) is 0 Å². The van der Waals surface area contributed by atoms with Crippen molar-refractivity contribution in [2.24, 2.45) is 11.5 Å². The Labute approximate surface area is 299 Å². The zero-order chi connectivity index (χ0) is 38.2. The van der Waals surface area contributed by atoms with Crippen LogP contribution in [0.3, 0.4) is 0 Å². The molecule has 0 aliphatic heterocycles. The lowest BCUT2D eigenvalue weighted by molar-refractivity contribution is -0.140. The average Bonchev–Trinajstić information content (AvgIpc) is 2.97. The van der Waals surface area contributed by atoms with Crippen LogP contribution in [0.1, 0.15) is 101 Å². The summed E-state index contributed by atoms with van der Waals surface area (Å²) in [4.78, 5) is 44.8. The lowest BCUT2D eigenvalue weighted by Gasteiger charge is -2.18. The summed E-state index contributed by atoms with van der Waals surface area (Å²) in [6.07, 6.45) is -1.19. The minimum atomic E-state index is -3.67. The molecule has 17 heteroatoms. The van der Waals surface area contributed by atoms with E-state index in [1.165, 1.54) is 0 Å². The van der Waals surface area contributed by atoms with Crippen LogP contribution in [0.4, 0.5) is 9.59 Å². The zero-order valence-electron chi connectivity index (χ0n) is 29.7. The lowest BCUT2D eigenvalue weighted by atomic mass is 9.94. The highest BCUT2D eigenvalue weighted by molar-refractivity contribution is 7.85. The lowest BCUT2D eigenvalue weighted by Crippen LogP contribution is -2.36. The predicted molar refractivity (Wildman–Crippen MR) is 189 cm³/mol. The minimum Gasteiger partial charge on any atom is -0.480 e. The summed E-state index contributed by atoms with van der Waals surface area (Å²) in [6, 6.07) is 8.87. The van der Waals surface area contributed by atoms with Gasteiger partial charge in [0.15, 0.2) is 0 Å². The fourth-order valence-electron chi connectivity index (χ4n) is 3.89. The number of aliphatic carboxylic acids is 2. The molecule has 0 aromatic heterocycles. The molecule has 0 spiro atoms. The van der Waals surface area contributed by atoms with Crippen LogP contribution < -0.4 is 20.9 Å². The molecule has 0 aliphatic carbocycles. The van der Waals surface area contributed by atoms with E-state index >= 15 is 0 Å². The molecule has 0 saturated carbocycles. The zero-order valence-corrected chi connectivity index (χ0v) is 31.4. The summed E-state index contributed by atoms with van der Waals surface area (Å²) in [5, 5.41) is 17.3. The fourth-order valence-corrected chi connectivity index (χ4v) is 3.89. The quantitative estimate of drug-likeness (QED) is 0.0998. The van der Waals surface area contributed by atoms with Crippen LogP contribution in [0.5, 0.6) is 11.5 Å². The second kappa shape index (κ2) is 22.7. The topological polar surface area (TPSA) is 252 Å². The van der Waals surface area contributed by atoms with E-state index in [-0.39, 0.29) is 36.1 Å². The molecule has 0 amide bonds. The number of nitrogens with two attached hydrogens (primary N) is 2. The molecule has 15 nitrogen and oxygen atoms in total. The highest BCUT2D eigenvalue weighted by atomic mass is 35.5. The molecule has 2 aromatic carbocycles. The molecule has 0 fully saturated rings. The normalized spacial score (nSPS) is 12.0. The van der Waals surface area contributed by atoms with E-state index in [4.69, 9.17) is 45.2 Å². The molecular weight excluding hydrogens is 700 g/mol. The average molecular weight is 751 g/mol. The van der Waals surface area contributed by atoms with Crippen molar-refractivity contribution < 1.29 is 61.3 Å². The summed E-state index contributed by atoms with van der Waals surface area (Å²) >= 11 is 0. The van der Waals surface area contributed by atoms with Crippen LogP contribution in [0, 0.1) is 0 Å². The van der Waals surface area contributed by atoms with Crippen molar-refractivity contribution in [3.63, 3.8) is 0 Å². The largest absolute Gasteiger partial charge is 0.513 e. The summed E-state index contributed by atoms with van der Waals surface area (Å²) in [5.74, 6) is -0.851. The number of para-hydroxylation sites is 2. The molecule has 2 rings (SSSR count). The van der Waals surface area contributed by atoms with Crippen molar-refractivity contribution >= 4 is 46.8 Å². The maximum Gasteiger partial charge on any atom is 0.513 e. The van der Waals surface area contributed by atoms with Gasteiger partial charge in [-0.25, -0.2) is 9.59 Å². The van der Waals surface area contributed by atoms with Gasteiger partial charge in [0.05, 0.1) is 6.26 Å². The van der Waals surface area contributed by atoms with E-state index in [0.29, 0.717) is 17.8 Å². The van der Waals surface area contributed by atoms with Gasteiger partial charge in [-0.2, -0.15) is 8.42 Å². The van der Waals surface area contributed by atoms with Crippen molar-refractivity contribution in [1.29, 1.82) is 0 Å². The monoisotopic (exact) mass is 750 g/mol. The van der Waals surface area contributed by atoms with Gasteiger partial charge < -0.3 is 40.6 Å². The van der Waals surface area contributed by atoms with Gasteiger partial charge in [0.25, 0.3) is 10.1 Å². The number of carboxylic acids is 2. The maximum atomic E-state index is 11.8. The van der Waals surface area contributed by atoms with Gasteiger partial charge in [-0.3, -0.25) is 14.1 Å². The third-order valence-corrected chi connectivity index (χ3v) is 6.41. The standard InChI is InChI=1S/2C16H23NO5.CH4O3S.ClH/c2*1-9(2)11-6-5-7-12(10(3)4)14(11)22-16(20)21-8-13(17)15(18)19;1-5(2,3)4;/h2*5-7,9-10,13H,8,17H2,1-4H3,(H,18,19);1H3,(H,2,3,4);1H/t2*13-;;/m00../s1. The Balaban J connectivity index is 0. The minimum absolute atomic E-state index is 0. The molecule has 7 N–H and O–H groups in total. The van der Waals surface area contributed by atoms with Gasteiger partial charge in [0, 0.05) is 0 Å². The van der Waals surface area contributed by atoms with Crippen LogP contribution in [0.15, 0.2) is 36.4 Å². The van der Waals surface area contributed by atoms with Gasteiger partial charge in [0.2, 0.25) is 0 Å². The number of halogens is 1. The molecule has 0 radical (unpaired) electrons. The van der Waals surface area contributed by atoms with Gasteiger partial charge in [0.1, 0.15) is 36.8 Å². The molecule has 0 saturated heterocycles. The third-order valence-electron chi connectivity index (χ3n) is 6.41. The number of benzene rings is 2. The first-order chi connectivity index (χ1) is 22.5. The number of rotatable bonds is 12. The molecule has 0 heterocycles. The first-order valence-corrected chi connectivity index (χ1v) is 17.2. The molecule has 0 bridgehead atoms. The van der Waals surface area contributed by atoms with Crippen molar-refractivity contribution in [2.75, 3.05) is 19.5 Å². The fraction of sp³-hybridized carbons (Fsp3) is 0.515. The first-order valence-electron chi connectivity index (χ1n) is 15.3. The van der Waals surface area contributed by atoms with Crippen LogP contribution >= 0.6 is 12.4 Å². The van der Waals surface area contributed by atoms with Crippen molar-refractivity contribution in [3.8, 4) is 11.5 Å². The van der Waals surface area contributed by atoms with E-state index < -0.39 is 59.7 Å². The van der Waals surface area contributed by atoms with Crippen LogP contribution in [0.2, 0.25) is 0 Å². The van der Waals surface area contributed by atoms with Crippen molar-refractivity contribution in [3.05, 3.63) is 58.7 Å². The van der Waals surface area contributed by atoms with E-state index in [2.05, 4.69) is 0 Å². The van der Waals surface area contributed by atoms with Gasteiger partial charge >= 0.3 is 24.2 Å². The highest BCUT2D eigenvalue weighted by Gasteiger charge is 2.22. The Morgan fingerprint density at radius 3 is 1.02 bits per heavy atom. The number of ether oxygens (including phenoxy) is 4. The van der Waals surface area contributed by atoms with E-state index in [1.54, 1.807) is 0 Å².